The molecular formula is C12H18N2O. The summed E-state index contributed by atoms with van der Waals surface area (Å²) in [6.45, 7) is 2.07. The Balaban J connectivity index is 2.55. The third-order valence-electron chi connectivity index (χ3n) is 2.45. The van der Waals surface area contributed by atoms with Gasteiger partial charge in [0, 0.05) is 19.2 Å². The number of aryl methyl sites for hydroxylation is 2. The molecule has 1 rings (SSSR count). The Morgan fingerprint density at radius 2 is 2.20 bits per heavy atom. The molecular weight excluding hydrogens is 188 g/mol. The third kappa shape index (κ3) is 3.62. The number of amides is 1. The summed E-state index contributed by atoms with van der Waals surface area (Å²) in [5.74, 6) is -0.224. The monoisotopic (exact) mass is 206 g/mol. The first kappa shape index (κ1) is 11.6. The van der Waals surface area contributed by atoms with Crippen LogP contribution in [0.5, 0.6) is 0 Å². The van der Waals surface area contributed by atoms with Gasteiger partial charge in [-0.2, -0.15) is 0 Å². The van der Waals surface area contributed by atoms with Crippen molar-refractivity contribution in [2.24, 2.45) is 5.73 Å². The molecule has 0 spiro atoms. The molecule has 0 radical (unpaired) electrons. The van der Waals surface area contributed by atoms with Crippen molar-refractivity contribution in [3.05, 3.63) is 29.3 Å². The van der Waals surface area contributed by atoms with E-state index in [0.29, 0.717) is 6.42 Å². The Morgan fingerprint density at radius 3 is 2.73 bits per heavy atom. The highest BCUT2D eigenvalue weighted by Crippen LogP contribution is 2.16. The van der Waals surface area contributed by atoms with Gasteiger partial charge in [-0.3, -0.25) is 4.79 Å². The summed E-state index contributed by atoms with van der Waals surface area (Å²) < 4.78 is 0. The topological polar surface area (TPSA) is 55.1 Å². The Bertz CT molecular complexity index is 347. The van der Waals surface area contributed by atoms with Crippen LogP contribution in [0.1, 0.15) is 24.0 Å². The average molecular weight is 206 g/mol. The molecule has 1 aromatic rings. The van der Waals surface area contributed by atoms with Crippen LogP contribution in [-0.4, -0.2) is 13.0 Å². The lowest BCUT2D eigenvalue weighted by molar-refractivity contribution is -0.118. The first-order valence-corrected chi connectivity index (χ1v) is 5.19. The van der Waals surface area contributed by atoms with Crippen LogP contribution in [0.3, 0.4) is 0 Å². The van der Waals surface area contributed by atoms with Crippen LogP contribution >= 0.6 is 0 Å². The zero-order chi connectivity index (χ0) is 11.3. The van der Waals surface area contributed by atoms with E-state index in [9.17, 15) is 4.79 Å². The third-order valence-corrected chi connectivity index (χ3v) is 2.45. The second-order valence-corrected chi connectivity index (χ2v) is 3.72. The largest absolute Gasteiger partial charge is 0.388 e. The molecule has 0 fully saturated rings. The summed E-state index contributed by atoms with van der Waals surface area (Å²) >= 11 is 0. The van der Waals surface area contributed by atoms with Gasteiger partial charge in [0.05, 0.1) is 0 Å². The molecule has 0 unspecified atom stereocenters. The fourth-order valence-corrected chi connectivity index (χ4v) is 1.63. The number of carbonyl (C=O) groups excluding carboxylic acids is 1. The lowest BCUT2D eigenvalue weighted by Gasteiger charge is -2.07. The number of benzene rings is 1. The summed E-state index contributed by atoms with van der Waals surface area (Å²) in [7, 11) is 1.91. The molecule has 0 saturated heterocycles. The molecule has 1 amide bonds. The number of primary amides is 1. The van der Waals surface area contributed by atoms with Crippen molar-refractivity contribution in [1.29, 1.82) is 0 Å². The average Bonchev–Trinajstić information content (AvgIpc) is 2.17. The SMILES string of the molecule is CNc1ccc(CCCC(N)=O)cc1C. The van der Waals surface area contributed by atoms with Gasteiger partial charge in [0.1, 0.15) is 0 Å². The van der Waals surface area contributed by atoms with E-state index in [0.717, 1.165) is 18.5 Å². The van der Waals surface area contributed by atoms with Gasteiger partial charge in [0.25, 0.3) is 0 Å². The highest BCUT2D eigenvalue weighted by atomic mass is 16.1. The van der Waals surface area contributed by atoms with Crippen molar-refractivity contribution < 1.29 is 4.79 Å². The summed E-state index contributed by atoms with van der Waals surface area (Å²) in [5.41, 5.74) is 8.72. The second kappa shape index (κ2) is 5.39. The number of anilines is 1. The number of rotatable bonds is 5. The van der Waals surface area contributed by atoms with Gasteiger partial charge < -0.3 is 11.1 Å². The molecule has 0 aromatic heterocycles. The molecule has 15 heavy (non-hydrogen) atoms. The van der Waals surface area contributed by atoms with E-state index in [1.54, 1.807) is 0 Å². The van der Waals surface area contributed by atoms with E-state index in [4.69, 9.17) is 5.73 Å². The normalized spacial score (nSPS) is 10.0. The van der Waals surface area contributed by atoms with Crippen molar-refractivity contribution in [2.45, 2.75) is 26.2 Å². The standard InChI is InChI=1S/C12H18N2O/c1-9-8-10(4-3-5-12(13)15)6-7-11(9)14-2/h6-8,14H,3-5H2,1-2H3,(H2,13,15). The van der Waals surface area contributed by atoms with Crippen molar-refractivity contribution in [3.8, 4) is 0 Å². The van der Waals surface area contributed by atoms with Crippen LogP contribution < -0.4 is 11.1 Å². The minimum atomic E-state index is -0.224. The van der Waals surface area contributed by atoms with Crippen LogP contribution in [0.15, 0.2) is 18.2 Å². The summed E-state index contributed by atoms with van der Waals surface area (Å²) in [4.78, 5) is 10.6. The molecule has 0 aliphatic heterocycles. The molecule has 0 bridgehead atoms. The second-order valence-electron chi connectivity index (χ2n) is 3.72. The molecule has 82 valence electrons. The lowest BCUT2D eigenvalue weighted by atomic mass is 10.0. The van der Waals surface area contributed by atoms with E-state index < -0.39 is 0 Å². The Kier molecular flexibility index (Phi) is 4.16. The maximum atomic E-state index is 10.6. The zero-order valence-electron chi connectivity index (χ0n) is 9.34. The molecule has 3 nitrogen and oxygen atoms in total. The lowest BCUT2D eigenvalue weighted by Crippen LogP contribution is -2.10. The predicted molar refractivity (Wildman–Crippen MR) is 62.9 cm³/mol. The van der Waals surface area contributed by atoms with E-state index in [2.05, 4.69) is 30.4 Å². The highest BCUT2D eigenvalue weighted by molar-refractivity contribution is 5.73. The number of nitrogens with one attached hydrogen (secondary N) is 1. The minimum Gasteiger partial charge on any atom is -0.388 e. The van der Waals surface area contributed by atoms with Crippen LogP contribution in [0.4, 0.5) is 5.69 Å². The van der Waals surface area contributed by atoms with Crippen LogP contribution in [0.25, 0.3) is 0 Å². The Hall–Kier alpha value is -1.51. The van der Waals surface area contributed by atoms with Gasteiger partial charge in [-0.15, -0.1) is 0 Å². The molecule has 0 aliphatic carbocycles. The van der Waals surface area contributed by atoms with E-state index >= 15 is 0 Å². The van der Waals surface area contributed by atoms with E-state index in [-0.39, 0.29) is 5.91 Å². The molecule has 0 atom stereocenters. The quantitative estimate of drug-likeness (QED) is 0.772. The molecule has 0 saturated carbocycles. The van der Waals surface area contributed by atoms with Crippen molar-refractivity contribution in [3.63, 3.8) is 0 Å². The fraction of sp³-hybridized carbons (Fsp3) is 0.417. The molecule has 0 heterocycles. The fourth-order valence-electron chi connectivity index (χ4n) is 1.63. The Morgan fingerprint density at radius 1 is 1.47 bits per heavy atom. The smallest absolute Gasteiger partial charge is 0.217 e. The molecule has 3 heteroatoms. The van der Waals surface area contributed by atoms with Crippen LogP contribution in [0, 0.1) is 6.92 Å². The maximum Gasteiger partial charge on any atom is 0.217 e. The molecule has 1 aromatic carbocycles. The number of hydrogen-bond acceptors (Lipinski definition) is 2. The minimum absolute atomic E-state index is 0.224. The first-order chi connectivity index (χ1) is 7.13. The van der Waals surface area contributed by atoms with Gasteiger partial charge in [0.15, 0.2) is 0 Å². The van der Waals surface area contributed by atoms with Crippen LogP contribution in [-0.2, 0) is 11.2 Å². The van der Waals surface area contributed by atoms with Crippen molar-refractivity contribution in [2.75, 3.05) is 12.4 Å². The summed E-state index contributed by atoms with van der Waals surface area (Å²) in [6, 6.07) is 6.29. The van der Waals surface area contributed by atoms with Gasteiger partial charge in [-0.25, -0.2) is 0 Å². The number of hydrogen-bond donors (Lipinski definition) is 2. The van der Waals surface area contributed by atoms with Gasteiger partial charge in [-0.1, -0.05) is 12.1 Å². The van der Waals surface area contributed by atoms with E-state index in [1.807, 2.05) is 7.05 Å². The maximum absolute atomic E-state index is 10.6. The zero-order valence-corrected chi connectivity index (χ0v) is 9.34. The van der Waals surface area contributed by atoms with Gasteiger partial charge in [0.2, 0.25) is 5.91 Å². The van der Waals surface area contributed by atoms with E-state index in [1.165, 1.54) is 11.1 Å². The van der Waals surface area contributed by atoms with Crippen LogP contribution in [0.2, 0.25) is 0 Å². The summed E-state index contributed by atoms with van der Waals surface area (Å²) in [6.07, 6.45) is 2.20. The molecule has 0 aliphatic rings. The van der Waals surface area contributed by atoms with Crippen molar-refractivity contribution in [1.82, 2.24) is 0 Å². The predicted octanol–water partition coefficient (Wildman–Crippen LogP) is 1.84. The molecule has 3 N–H and O–H groups in total. The Labute approximate surface area is 90.7 Å². The van der Waals surface area contributed by atoms with Gasteiger partial charge >= 0.3 is 0 Å². The van der Waals surface area contributed by atoms with Crippen molar-refractivity contribution >= 4 is 11.6 Å². The van der Waals surface area contributed by atoms with Gasteiger partial charge in [-0.05, 0) is 37.0 Å². The number of nitrogens with two attached hydrogens (primary N) is 1. The first-order valence-electron chi connectivity index (χ1n) is 5.19. The highest BCUT2D eigenvalue weighted by Gasteiger charge is 2.00. The summed E-state index contributed by atoms with van der Waals surface area (Å²) in [5, 5.41) is 3.12. The number of carbonyl (C=O) groups is 1.